The van der Waals surface area contributed by atoms with Crippen molar-refractivity contribution in [2.75, 3.05) is 63.9 Å². The molecule has 8 nitrogen and oxygen atoms in total. The summed E-state index contributed by atoms with van der Waals surface area (Å²) in [6, 6.07) is 17.2. The van der Waals surface area contributed by atoms with Crippen LogP contribution in [-0.2, 0) is 4.74 Å². The van der Waals surface area contributed by atoms with Gasteiger partial charge < -0.3 is 10.1 Å². The van der Waals surface area contributed by atoms with E-state index in [1.807, 2.05) is 0 Å². The zero-order chi connectivity index (χ0) is 22.9. The molecule has 3 aliphatic rings. The number of benzene rings is 2. The number of morpholine rings is 1. The molecule has 1 fully saturated rings. The first kappa shape index (κ1) is 21.9. The number of ether oxygens (including phenoxy) is 1. The average molecular weight is 478 g/mol. The third-order valence-corrected chi connectivity index (χ3v) is 7.59. The monoisotopic (exact) mass is 477 g/mol. The van der Waals surface area contributed by atoms with Crippen molar-refractivity contribution in [3.05, 3.63) is 54.1 Å². The number of hydrogen-bond donors (Lipinski definition) is 1. The highest BCUT2D eigenvalue weighted by atomic mass is 32.2. The van der Waals surface area contributed by atoms with E-state index in [0.717, 1.165) is 75.4 Å². The number of imidazole rings is 1. The Kier molecular flexibility index (Phi) is 6.17. The Morgan fingerprint density at radius 2 is 1.82 bits per heavy atom. The minimum Gasteiger partial charge on any atom is -0.379 e. The van der Waals surface area contributed by atoms with Crippen LogP contribution >= 0.6 is 11.8 Å². The summed E-state index contributed by atoms with van der Waals surface area (Å²) in [6.45, 7) is 7.42. The van der Waals surface area contributed by atoms with Crippen LogP contribution in [-0.4, -0.2) is 84.3 Å². The minimum atomic E-state index is -0.0406. The van der Waals surface area contributed by atoms with E-state index in [4.69, 9.17) is 14.7 Å². The molecular weight excluding hydrogens is 446 g/mol. The Morgan fingerprint density at radius 1 is 1.03 bits per heavy atom. The van der Waals surface area contributed by atoms with Gasteiger partial charge in [-0.1, -0.05) is 24.3 Å². The zero-order valence-corrected chi connectivity index (χ0v) is 20.4. The quantitative estimate of drug-likeness (QED) is 0.548. The van der Waals surface area contributed by atoms with Gasteiger partial charge in [0.05, 0.1) is 37.6 Å². The number of anilines is 1. The summed E-state index contributed by atoms with van der Waals surface area (Å²) >= 11 is 1.76. The number of aromatic nitrogens is 2. The number of aliphatic imine (C=N–C) groups is 1. The summed E-state index contributed by atoms with van der Waals surface area (Å²) in [5, 5.41) is 3.72. The highest BCUT2D eigenvalue weighted by molar-refractivity contribution is 7.98. The van der Waals surface area contributed by atoms with Crippen molar-refractivity contribution >= 4 is 34.7 Å². The molecule has 3 aliphatic heterocycles. The number of guanidine groups is 1. The van der Waals surface area contributed by atoms with Gasteiger partial charge in [-0.2, -0.15) is 0 Å². The second kappa shape index (κ2) is 9.58. The number of fused-ring (bicyclic) bond motifs is 5. The van der Waals surface area contributed by atoms with Crippen LogP contribution in [0.2, 0.25) is 0 Å². The molecule has 2 aromatic carbocycles. The summed E-state index contributed by atoms with van der Waals surface area (Å²) in [5.74, 6) is 1.86. The van der Waals surface area contributed by atoms with Crippen molar-refractivity contribution in [3.8, 4) is 0 Å². The first-order chi connectivity index (χ1) is 16.8. The lowest BCUT2D eigenvalue weighted by Gasteiger charge is -2.42. The molecule has 1 aromatic heterocycles. The maximum atomic E-state index is 5.47. The lowest BCUT2D eigenvalue weighted by Crippen LogP contribution is -2.57. The van der Waals surface area contributed by atoms with Crippen molar-refractivity contribution in [1.82, 2.24) is 24.7 Å². The molecule has 3 aromatic rings. The molecule has 1 N–H and O–H groups in total. The Hall–Kier alpha value is -2.59. The van der Waals surface area contributed by atoms with E-state index < -0.39 is 0 Å². The standard InChI is InChI=1S/C25H31N7OS/c1-34-20-9-7-19(8-10-20)23-28-24-26-17-30(12-4-11-29-13-15-33-16-14-29)18-31(24)25-27-21-5-2-3-6-22(21)32(23)25/h2-3,5-10,23H,4,11-18H2,1H3,(H,26,28). The van der Waals surface area contributed by atoms with Crippen molar-refractivity contribution in [2.24, 2.45) is 4.99 Å². The topological polar surface area (TPSA) is 61.2 Å². The van der Waals surface area contributed by atoms with Crippen LogP contribution in [0.25, 0.3) is 11.0 Å². The number of thioether (sulfide) groups is 1. The van der Waals surface area contributed by atoms with E-state index in [1.54, 1.807) is 11.8 Å². The predicted octanol–water partition coefficient (Wildman–Crippen LogP) is 3.02. The molecule has 1 unspecified atom stereocenters. The molecule has 1 saturated heterocycles. The molecule has 1 atom stereocenters. The van der Waals surface area contributed by atoms with E-state index in [9.17, 15) is 0 Å². The molecule has 0 aliphatic carbocycles. The number of nitrogens with one attached hydrogen (secondary N) is 1. The zero-order valence-electron chi connectivity index (χ0n) is 19.6. The van der Waals surface area contributed by atoms with Gasteiger partial charge in [-0.15, -0.1) is 11.8 Å². The fourth-order valence-corrected chi connectivity index (χ4v) is 5.42. The number of para-hydroxylation sites is 2. The third-order valence-electron chi connectivity index (χ3n) is 6.84. The molecule has 6 rings (SSSR count). The molecular formula is C25H31N7OS. The van der Waals surface area contributed by atoms with Crippen molar-refractivity contribution in [1.29, 1.82) is 0 Å². The van der Waals surface area contributed by atoms with Crippen LogP contribution in [0.3, 0.4) is 0 Å². The van der Waals surface area contributed by atoms with Gasteiger partial charge in [0.1, 0.15) is 6.17 Å². The lowest BCUT2D eigenvalue weighted by atomic mass is 10.1. The summed E-state index contributed by atoms with van der Waals surface area (Å²) in [4.78, 5) is 18.4. The molecule has 0 amide bonds. The molecule has 178 valence electrons. The van der Waals surface area contributed by atoms with Gasteiger partial charge >= 0.3 is 0 Å². The van der Waals surface area contributed by atoms with Gasteiger partial charge in [0.25, 0.3) is 0 Å². The van der Waals surface area contributed by atoms with Gasteiger partial charge in [-0.25, -0.2) is 9.98 Å². The summed E-state index contributed by atoms with van der Waals surface area (Å²) < 4.78 is 7.79. The van der Waals surface area contributed by atoms with Gasteiger partial charge in [0, 0.05) is 24.5 Å². The summed E-state index contributed by atoms with van der Waals surface area (Å²) in [5.41, 5.74) is 3.35. The van der Waals surface area contributed by atoms with Crippen LogP contribution in [0, 0.1) is 0 Å². The molecule has 34 heavy (non-hydrogen) atoms. The molecule has 4 heterocycles. The Labute approximate surface area is 204 Å². The Bertz CT molecular complexity index is 1170. The van der Waals surface area contributed by atoms with Gasteiger partial charge in [-0.3, -0.25) is 19.3 Å². The van der Waals surface area contributed by atoms with E-state index in [0.29, 0.717) is 6.67 Å². The van der Waals surface area contributed by atoms with E-state index >= 15 is 0 Å². The molecule has 9 heteroatoms. The maximum absolute atomic E-state index is 5.47. The van der Waals surface area contributed by atoms with Gasteiger partial charge in [0.2, 0.25) is 11.9 Å². The molecule has 0 saturated carbocycles. The molecule has 0 radical (unpaired) electrons. The van der Waals surface area contributed by atoms with Gasteiger partial charge in [-0.05, 0) is 49.1 Å². The van der Waals surface area contributed by atoms with Crippen molar-refractivity contribution in [2.45, 2.75) is 17.5 Å². The first-order valence-corrected chi connectivity index (χ1v) is 13.2. The van der Waals surface area contributed by atoms with E-state index in [2.05, 4.69) is 79.4 Å². The molecule has 0 spiro atoms. The van der Waals surface area contributed by atoms with Crippen LogP contribution in [0.4, 0.5) is 5.95 Å². The number of rotatable bonds is 6. The van der Waals surface area contributed by atoms with E-state index in [1.165, 1.54) is 10.5 Å². The fourth-order valence-electron chi connectivity index (χ4n) is 5.01. The SMILES string of the molecule is CSc1ccc(C2NC3=NCN(CCCN4CCOCC4)CN3c3nc4ccccc4n32)cc1. The highest BCUT2D eigenvalue weighted by Crippen LogP contribution is 2.34. The second-order valence-corrected chi connectivity index (χ2v) is 9.86. The van der Waals surface area contributed by atoms with E-state index in [-0.39, 0.29) is 6.17 Å². The van der Waals surface area contributed by atoms with Crippen LogP contribution in [0.5, 0.6) is 0 Å². The van der Waals surface area contributed by atoms with Crippen molar-refractivity contribution in [3.63, 3.8) is 0 Å². The third kappa shape index (κ3) is 4.17. The number of hydrogen-bond acceptors (Lipinski definition) is 8. The normalized spacial score (nSPS) is 21.1. The first-order valence-electron chi connectivity index (χ1n) is 12.0. The van der Waals surface area contributed by atoms with Gasteiger partial charge in [0.15, 0.2) is 0 Å². The van der Waals surface area contributed by atoms with Crippen LogP contribution in [0.1, 0.15) is 18.2 Å². The predicted molar refractivity (Wildman–Crippen MR) is 137 cm³/mol. The minimum absolute atomic E-state index is 0.0406. The second-order valence-electron chi connectivity index (χ2n) is 8.99. The maximum Gasteiger partial charge on any atom is 0.216 e. The Balaban J connectivity index is 1.26. The highest BCUT2D eigenvalue weighted by Gasteiger charge is 2.35. The largest absolute Gasteiger partial charge is 0.379 e. The Morgan fingerprint density at radius 3 is 2.65 bits per heavy atom. The summed E-state index contributed by atoms with van der Waals surface area (Å²) in [7, 11) is 0. The lowest BCUT2D eigenvalue weighted by molar-refractivity contribution is 0.0361. The fraction of sp³-hybridized carbons (Fsp3) is 0.440. The molecule has 0 bridgehead atoms. The average Bonchev–Trinajstić information content (AvgIpc) is 3.29. The smallest absolute Gasteiger partial charge is 0.216 e. The van der Waals surface area contributed by atoms with Crippen LogP contribution < -0.4 is 10.2 Å². The van der Waals surface area contributed by atoms with Crippen LogP contribution in [0.15, 0.2) is 58.4 Å². The summed E-state index contributed by atoms with van der Waals surface area (Å²) in [6.07, 6.45) is 3.20. The van der Waals surface area contributed by atoms with Crippen molar-refractivity contribution < 1.29 is 4.74 Å². The number of nitrogens with zero attached hydrogens (tertiary/aromatic N) is 6.